The summed E-state index contributed by atoms with van der Waals surface area (Å²) in [5.74, 6) is 0.722. The van der Waals surface area contributed by atoms with E-state index < -0.39 is 0 Å². The second-order valence-corrected chi connectivity index (χ2v) is 4.72. The second kappa shape index (κ2) is 5.69. The van der Waals surface area contributed by atoms with E-state index in [9.17, 15) is 10.1 Å². The summed E-state index contributed by atoms with van der Waals surface area (Å²) >= 11 is 0. The van der Waals surface area contributed by atoms with Gasteiger partial charge in [-0.3, -0.25) is 15.1 Å². The smallest absolute Gasteiger partial charge is 0.278 e. The Labute approximate surface area is 117 Å². The van der Waals surface area contributed by atoms with Gasteiger partial charge in [-0.05, 0) is 32.9 Å². The molecule has 0 fully saturated rings. The molecule has 5 heteroatoms. The average molecular weight is 272 g/mol. The summed E-state index contributed by atoms with van der Waals surface area (Å²) in [5, 5.41) is 11.0. The van der Waals surface area contributed by atoms with Crippen LogP contribution in [0.5, 0.6) is 5.75 Å². The molecular formula is C15H16N2O3. The van der Waals surface area contributed by atoms with Gasteiger partial charge < -0.3 is 4.74 Å². The number of nitro groups is 1. The van der Waals surface area contributed by atoms with Gasteiger partial charge in [0.2, 0.25) is 0 Å². The molecule has 0 atom stereocenters. The van der Waals surface area contributed by atoms with Gasteiger partial charge in [-0.25, -0.2) is 0 Å². The van der Waals surface area contributed by atoms with Gasteiger partial charge in [0, 0.05) is 11.8 Å². The number of aryl methyl sites for hydroxylation is 2. The minimum absolute atomic E-state index is 0.113. The van der Waals surface area contributed by atoms with E-state index in [0.717, 1.165) is 11.3 Å². The van der Waals surface area contributed by atoms with Crippen molar-refractivity contribution in [3.05, 3.63) is 63.0 Å². The lowest BCUT2D eigenvalue weighted by atomic mass is 10.1. The van der Waals surface area contributed by atoms with Crippen LogP contribution in [0.2, 0.25) is 0 Å². The highest BCUT2D eigenvalue weighted by Gasteiger charge is 2.18. The van der Waals surface area contributed by atoms with Gasteiger partial charge in [0.25, 0.3) is 5.69 Å². The summed E-state index contributed by atoms with van der Waals surface area (Å²) in [4.78, 5) is 14.9. The van der Waals surface area contributed by atoms with Gasteiger partial charge in [0.05, 0.1) is 16.2 Å². The van der Waals surface area contributed by atoms with Crippen LogP contribution in [0.15, 0.2) is 30.5 Å². The van der Waals surface area contributed by atoms with Crippen LogP contribution in [-0.2, 0) is 6.61 Å². The molecule has 0 radical (unpaired) electrons. The van der Waals surface area contributed by atoms with Crippen molar-refractivity contribution in [2.45, 2.75) is 27.4 Å². The third-order valence-electron chi connectivity index (χ3n) is 3.15. The normalized spacial score (nSPS) is 10.3. The number of aromatic nitrogens is 1. The molecule has 1 aromatic carbocycles. The summed E-state index contributed by atoms with van der Waals surface area (Å²) in [6, 6.07) is 7.64. The molecule has 0 aliphatic carbocycles. The van der Waals surface area contributed by atoms with Crippen LogP contribution in [0.25, 0.3) is 0 Å². The molecule has 0 amide bonds. The molecule has 2 rings (SSSR count). The molecule has 20 heavy (non-hydrogen) atoms. The Balaban J connectivity index is 2.20. The van der Waals surface area contributed by atoms with Gasteiger partial charge in [-0.1, -0.05) is 17.7 Å². The lowest BCUT2D eigenvalue weighted by Crippen LogP contribution is -2.05. The Kier molecular flexibility index (Phi) is 3.98. The maximum atomic E-state index is 11.0. The fourth-order valence-corrected chi connectivity index (χ4v) is 1.98. The van der Waals surface area contributed by atoms with Crippen LogP contribution in [0.1, 0.15) is 22.4 Å². The van der Waals surface area contributed by atoms with Gasteiger partial charge in [-0.15, -0.1) is 0 Å². The predicted octanol–water partition coefficient (Wildman–Crippen LogP) is 3.49. The van der Waals surface area contributed by atoms with Gasteiger partial charge in [0.1, 0.15) is 12.4 Å². The van der Waals surface area contributed by atoms with Crippen molar-refractivity contribution in [3.63, 3.8) is 0 Å². The van der Waals surface area contributed by atoms with E-state index in [2.05, 4.69) is 4.98 Å². The zero-order chi connectivity index (χ0) is 14.7. The van der Waals surface area contributed by atoms with Crippen LogP contribution in [0.3, 0.4) is 0 Å². The number of ether oxygens (including phenoxy) is 1. The standard InChI is InChI=1S/C15H16N2O3/c1-10-4-6-13(7-5-10)20-9-14-12(3)15(17(18)19)11(2)8-16-14/h4-8H,9H2,1-3H3. The van der Waals surface area contributed by atoms with E-state index in [1.807, 2.05) is 31.2 Å². The van der Waals surface area contributed by atoms with Gasteiger partial charge in [-0.2, -0.15) is 0 Å². The average Bonchev–Trinajstić information content (AvgIpc) is 2.39. The lowest BCUT2D eigenvalue weighted by Gasteiger charge is -2.09. The molecule has 2 aromatic rings. The van der Waals surface area contributed by atoms with E-state index >= 15 is 0 Å². The maximum absolute atomic E-state index is 11.0. The monoisotopic (exact) mass is 272 g/mol. The van der Waals surface area contributed by atoms with Gasteiger partial charge in [0.15, 0.2) is 0 Å². The summed E-state index contributed by atoms with van der Waals surface area (Å²) < 4.78 is 5.62. The molecule has 0 saturated heterocycles. The zero-order valence-corrected chi connectivity index (χ0v) is 11.7. The summed E-state index contributed by atoms with van der Waals surface area (Å²) in [6.45, 7) is 5.60. The molecule has 0 bridgehead atoms. The Morgan fingerprint density at radius 3 is 2.45 bits per heavy atom. The van der Waals surface area contributed by atoms with Crippen molar-refractivity contribution >= 4 is 5.69 Å². The second-order valence-electron chi connectivity index (χ2n) is 4.72. The number of benzene rings is 1. The largest absolute Gasteiger partial charge is 0.487 e. The molecule has 0 N–H and O–H groups in total. The van der Waals surface area contributed by atoms with Crippen LogP contribution < -0.4 is 4.74 Å². The number of nitrogens with zero attached hydrogens (tertiary/aromatic N) is 2. The predicted molar refractivity (Wildman–Crippen MR) is 75.9 cm³/mol. The SMILES string of the molecule is Cc1ccc(OCc2ncc(C)c([N+](=O)[O-])c2C)cc1. The zero-order valence-electron chi connectivity index (χ0n) is 11.7. The van der Waals surface area contributed by atoms with E-state index in [1.165, 1.54) is 6.20 Å². The Morgan fingerprint density at radius 2 is 1.85 bits per heavy atom. The molecule has 0 unspecified atom stereocenters. The van der Waals surface area contributed by atoms with Crippen LogP contribution in [-0.4, -0.2) is 9.91 Å². The highest BCUT2D eigenvalue weighted by molar-refractivity contribution is 5.47. The van der Waals surface area contributed by atoms with Crippen molar-refractivity contribution in [2.24, 2.45) is 0 Å². The quantitative estimate of drug-likeness (QED) is 0.631. The molecule has 1 heterocycles. The first-order chi connectivity index (χ1) is 9.49. The van der Waals surface area contributed by atoms with Crippen molar-refractivity contribution in [1.82, 2.24) is 4.98 Å². The Hall–Kier alpha value is -2.43. The maximum Gasteiger partial charge on any atom is 0.278 e. The van der Waals surface area contributed by atoms with Crippen LogP contribution in [0, 0.1) is 30.9 Å². The molecule has 104 valence electrons. The summed E-state index contributed by atoms with van der Waals surface area (Å²) in [6.07, 6.45) is 1.51. The van der Waals surface area contributed by atoms with Crippen LogP contribution in [0.4, 0.5) is 5.69 Å². The first kappa shape index (κ1) is 14.0. The number of rotatable bonds is 4. The van der Waals surface area contributed by atoms with Gasteiger partial charge >= 0.3 is 0 Å². The molecule has 0 saturated carbocycles. The van der Waals surface area contributed by atoms with E-state index in [4.69, 9.17) is 4.74 Å². The fraction of sp³-hybridized carbons (Fsp3) is 0.267. The number of hydrogen-bond acceptors (Lipinski definition) is 4. The molecule has 5 nitrogen and oxygen atoms in total. The van der Waals surface area contributed by atoms with E-state index in [0.29, 0.717) is 16.8 Å². The van der Waals surface area contributed by atoms with Crippen molar-refractivity contribution in [2.75, 3.05) is 0 Å². The summed E-state index contributed by atoms with van der Waals surface area (Å²) in [5.41, 5.74) is 2.97. The number of pyridine rings is 1. The minimum Gasteiger partial charge on any atom is -0.487 e. The van der Waals surface area contributed by atoms with E-state index in [-0.39, 0.29) is 17.2 Å². The summed E-state index contributed by atoms with van der Waals surface area (Å²) in [7, 11) is 0. The highest BCUT2D eigenvalue weighted by atomic mass is 16.6. The molecule has 0 aliphatic rings. The third-order valence-corrected chi connectivity index (χ3v) is 3.15. The number of hydrogen-bond donors (Lipinski definition) is 0. The first-order valence-electron chi connectivity index (χ1n) is 6.28. The fourth-order valence-electron chi connectivity index (χ4n) is 1.98. The van der Waals surface area contributed by atoms with Crippen molar-refractivity contribution in [1.29, 1.82) is 0 Å². The third kappa shape index (κ3) is 2.93. The molecule has 0 aliphatic heterocycles. The van der Waals surface area contributed by atoms with Crippen LogP contribution >= 0.6 is 0 Å². The minimum atomic E-state index is -0.373. The molecule has 1 aromatic heterocycles. The first-order valence-corrected chi connectivity index (χ1v) is 6.28. The van der Waals surface area contributed by atoms with E-state index in [1.54, 1.807) is 13.8 Å². The highest BCUT2D eigenvalue weighted by Crippen LogP contribution is 2.25. The van der Waals surface area contributed by atoms with Crippen molar-refractivity contribution in [3.8, 4) is 5.75 Å². The molecular weight excluding hydrogens is 256 g/mol. The molecule has 0 spiro atoms. The van der Waals surface area contributed by atoms with Crippen molar-refractivity contribution < 1.29 is 9.66 Å². The Bertz CT molecular complexity index is 636. The topological polar surface area (TPSA) is 65.3 Å². The Morgan fingerprint density at radius 1 is 1.20 bits per heavy atom. The lowest BCUT2D eigenvalue weighted by molar-refractivity contribution is -0.386.